The van der Waals surface area contributed by atoms with E-state index in [4.69, 9.17) is 5.11 Å². The quantitative estimate of drug-likeness (QED) is 0.653. The van der Waals surface area contributed by atoms with Crippen molar-refractivity contribution in [2.45, 2.75) is 38.1 Å². The van der Waals surface area contributed by atoms with E-state index in [0.717, 1.165) is 12.8 Å². The van der Waals surface area contributed by atoms with Crippen LogP contribution in [0.3, 0.4) is 0 Å². The van der Waals surface area contributed by atoms with Crippen LogP contribution in [0.5, 0.6) is 0 Å². The van der Waals surface area contributed by atoms with Gasteiger partial charge in [-0.15, -0.1) is 0 Å². The first-order chi connectivity index (χ1) is 7.66. The first-order valence-corrected chi connectivity index (χ1v) is 5.94. The van der Waals surface area contributed by atoms with Crippen molar-refractivity contribution in [3.63, 3.8) is 0 Å². The van der Waals surface area contributed by atoms with Crippen LogP contribution in [0.1, 0.15) is 32.1 Å². The Bertz CT molecular complexity index is 285. The van der Waals surface area contributed by atoms with Gasteiger partial charge in [0.2, 0.25) is 0 Å². The number of amides is 2. The summed E-state index contributed by atoms with van der Waals surface area (Å²) in [5.41, 5.74) is 0. The molecule has 0 aromatic rings. The highest BCUT2D eigenvalue weighted by molar-refractivity contribution is 5.83. The second kappa shape index (κ2) is 4.72. The van der Waals surface area contributed by atoms with Crippen molar-refractivity contribution in [3.8, 4) is 0 Å². The lowest BCUT2D eigenvalue weighted by atomic mass is 9.85. The smallest absolute Gasteiger partial charge is 0.326 e. The summed E-state index contributed by atoms with van der Waals surface area (Å²) in [7, 11) is 0. The molecule has 2 amide bonds. The molecule has 2 rings (SSSR count). The molecule has 1 unspecified atom stereocenters. The van der Waals surface area contributed by atoms with E-state index < -0.39 is 12.0 Å². The number of carbonyl (C=O) groups excluding carboxylic acids is 1. The summed E-state index contributed by atoms with van der Waals surface area (Å²) in [4.78, 5) is 22.3. The second-order valence-corrected chi connectivity index (χ2v) is 4.80. The third-order valence-corrected chi connectivity index (χ3v) is 3.42. The Kier molecular flexibility index (Phi) is 3.31. The maximum Gasteiger partial charge on any atom is 0.326 e. The van der Waals surface area contributed by atoms with E-state index >= 15 is 0 Å². The Hall–Kier alpha value is -1.26. The Labute approximate surface area is 94.6 Å². The highest BCUT2D eigenvalue weighted by Crippen LogP contribution is 2.32. The zero-order chi connectivity index (χ0) is 11.5. The Morgan fingerprint density at radius 3 is 2.38 bits per heavy atom. The van der Waals surface area contributed by atoms with Crippen LogP contribution in [0.4, 0.5) is 4.79 Å². The SMILES string of the molecule is O=C(NCC1CCC1)NC(C(=O)O)C1CC1. The summed E-state index contributed by atoms with van der Waals surface area (Å²) < 4.78 is 0. The molecule has 5 heteroatoms. The molecule has 0 radical (unpaired) electrons. The summed E-state index contributed by atoms with van der Waals surface area (Å²) >= 11 is 0. The molecule has 0 aromatic carbocycles. The Morgan fingerprint density at radius 1 is 1.25 bits per heavy atom. The highest BCUT2D eigenvalue weighted by Gasteiger charge is 2.37. The van der Waals surface area contributed by atoms with E-state index in [1.807, 2.05) is 0 Å². The van der Waals surface area contributed by atoms with Gasteiger partial charge in [-0.3, -0.25) is 0 Å². The minimum absolute atomic E-state index is 0.131. The van der Waals surface area contributed by atoms with Crippen LogP contribution in [-0.2, 0) is 4.79 Å². The van der Waals surface area contributed by atoms with Crippen LogP contribution in [-0.4, -0.2) is 29.7 Å². The van der Waals surface area contributed by atoms with Gasteiger partial charge in [-0.2, -0.15) is 0 Å². The fourth-order valence-corrected chi connectivity index (χ4v) is 1.94. The number of hydrogen-bond acceptors (Lipinski definition) is 2. The third-order valence-electron chi connectivity index (χ3n) is 3.42. The van der Waals surface area contributed by atoms with E-state index in [1.165, 1.54) is 19.3 Å². The molecule has 0 aliphatic heterocycles. The standard InChI is InChI=1S/C11H18N2O3/c14-10(15)9(8-4-5-8)13-11(16)12-6-7-2-1-3-7/h7-9H,1-6H2,(H,14,15)(H2,12,13,16). The molecular formula is C11H18N2O3. The zero-order valence-electron chi connectivity index (χ0n) is 9.24. The third kappa shape index (κ3) is 2.87. The molecule has 0 heterocycles. The molecule has 0 saturated heterocycles. The molecule has 1 atom stereocenters. The van der Waals surface area contributed by atoms with E-state index in [0.29, 0.717) is 12.5 Å². The molecule has 5 nitrogen and oxygen atoms in total. The molecular weight excluding hydrogens is 208 g/mol. The average Bonchev–Trinajstić information content (AvgIpc) is 2.94. The average molecular weight is 226 g/mol. The van der Waals surface area contributed by atoms with Crippen molar-refractivity contribution in [3.05, 3.63) is 0 Å². The Balaban J connectivity index is 1.69. The van der Waals surface area contributed by atoms with E-state index in [-0.39, 0.29) is 11.9 Å². The fourth-order valence-electron chi connectivity index (χ4n) is 1.94. The van der Waals surface area contributed by atoms with Crippen LogP contribution in [0.2, 0.25) is 0 Å². The van der Waals surface area contributed by atoms with Gasteiger partial charge >= 0.3 is 12.0 Å². The molecule has 90 valence electrons. The molecule has 2 aliphatic rings. The van der Waals surface area contributed by atoms with Crippen molar-refractivity contribution >= 4 is 12.0 Å². The summed E-state index contributed by atoms with van der Waals surface area (Å²) in [5, 5.41) is 14.2. The highest BCUT2D eigenvalue weighted by atomic mass is 16.4. The lowest BCUT2D eigenvalue weighted by Crippen LogP contribution is -2.48. The first kappa shape index (κ1) is 11.2. The number of nitrogens with one attached hydrogen (secondary N) is 2. The van der Waals surface area contributed by atoms with Gasteiger partial charge in [0.05, 0.1) is 0 Å². The van der Waals surface area contributed by atoms with Gasteiger partial charge in [-0.1, -0.05) is 6.42 Å². The lowest BCUT2D eigenvalue weighted by molar-refractivity contribution is -0.139. The van der Waals surface area contributed by atoms with E-state index in [2.05, 4.69) is 10.6 Å². The van der Waals surface area contributed by atoms with Crippen molar-refractivity contribution in [1.82, 2.24) is 10.6 Å². The van der Waals surface area contributed by atoms with Gasteiger partial charge in [0.15, 0.2) is 0 Å². The molecule has 2 saturated carbocycles. The number of rotatable bonds is 5. The molecule has 0 spiro atoms. The monoisotopic (exact) mass is 226 g/mol. The predicted molar refractivity (Wildman–Crippen MR) is 58.0 cm³/mol. The number of carboxylic acid groups (broad SMARTS) is 1. The molecule has 2 aliphatic carbocycles. The van der Waals surface area contributed by atoms with E-state index in [9.17, 15) is 9.59 Å². The Morgan fingerprint density at radius 2 is 1.94 bits per heavy atom. The van der Waals surface area contributed by atoms with Crippen molar-refractivity contribution in [1.29, 1.82) is 0 Å². The lowest BCUT2D eigenvalue weighted by Gasteiger charge is -2.25. The van der Waals surface area contributed by atoms with Gasteiger partial charge in [-0.25, -0.2) is 9.59 Å². The van der Waals surface area contributed by atoms with Gasteiger partial charge < -0.3 is 15.7 Å². The minimum atomic E-state index is -0.929. The van der Waals surface area contributed by atoms with E-state index in [1.54, 1.807) is 0 Å². The van der Waals surface area contributed by atoms with Crippen LogP contribution < -0.4 is 10.6 Å². The normalized spacial score (nSPS) is 22.0. The number of urea groups is 1. The summed E-state index contributed by atoms with van der Waals surface area (Å²) in [6.07, 6.45) is 5.39. The summed E-state index contributed by atoms with van der Waals surface area (Å²) in [6.45, 7) is 0.669. The second-order valence-electron chi connectivity index (χ2n) is 4.80. The van der Waals surface area contributed by atoms with Crippen molar-refractivity contribution in [2.24, 2.45) is 11.8 Å². The number of hydrogen-bond donors (Lipinski definition) is 3. The summed E-state index contributed by atoms with van der Waals surface area (Å²) in [5.74, 6) is -0.205. The van der Waals surface area contributed by atoms with Gasteiger partial charge in [0, 0.05) is 6.54 Å². The maximum atomic E-state index is 11.4. The fraction of sp³-hybridized carbons (Fsp3) is 0.818. The number of carboxylic acids is 1. The van der Waals surface area contributed by atoms with Crippen LogP contribution >= 0.6 is 0 Å². The van der Waals surface area contributed by atoms with Crippen LogP contribution in [0.25, 0.3) is 0 Å². The van der Waals surface area contributed by atoms with Gasteiger partial charge in [0.25, 0.3) is 0 Å². The van der Waals surface area contributed by atoms with Crippen LogP contribution in [0, 0.1) is 11.8 Å². The van der Waals surface area contributed by atoms with Crippen molar-refractivity contribution < 1.29 is 14.7 Å². The molecule has 0 bridgehead atoms. The topological polar surface area (TPSA) is 78.4 Å². The molecule has 0 aromatic heterocycles. The van der Waals surface area contributed by atoms with Gasteiger partial charge in [0.1, 0.15) is 6.04 Å². The predicted octanol–water partition coefficient (Wildman–Crippen LogP) is 0.949. The molecule has 3 N–H and O–H groups in total. The minimum Gasteiger partial charge on any atom is -0.480 e. The first-order valence-electron chi connectivity index (χ1n) is 5.94. The maximum absolute atomic E-state index is 11.4. The molecule has 2 fully saturated rings. The van der Waals surface area contributed by atoms with Gasteiger partial charge in [-0.05, 0) is 37.5 Å². The largest absolute Gasteiger partial charge is 0.480 e. The summed E-state index contributed by atoms with van der Waals surface area (Å²) in [6, 6.07) is -1.05. The van der Waals surface area contributed by atoms with Crippen molar-refractivity contribution in [2.75, 3.05) is 6.54 Å². The number of aliphatic carboxylic acids is 1. The molecule has 16 heavy (non-hydrogen) atoms. The number of carbonyl (C=O) groups is 2. The van der Waals surface area contributed by atoms with Crippen LogP contribution in [0.15, 0.2) is 0 Å². The zero-order valence-corrected chi connectivity index (χ0v) is 9.24.